The highest BCUT2D eigenvalue weighted by Crippen LogP contribution is 2.45. The van der Waals surface area contributed by atoms with Crippen LogP contribution in [0.15, 0.2) is 28.7 Å². The predicted octanol–water partition coefficient (Wildman–Crippen LogP) is 2.06. The normalized spacial score (nSPS) is 16.6. The number of carbonyl (C=O) groups is 1. The van der Waals surface area contributed by atoms with E-state index in [1.54, 1.807) is 0 Å². The molecule has 0 heterocycles. The Morgan fingerprint density at radius 2 is 2.12 bits per heavy atom. The number of halogens is 1. The summed E-state index contributed by atoms with van der Waals surface area (Å²) in [5, 5.41) is 6.11. The van der Waals surface area contributed by atoms with Crippen LogP contribution in [0.5, 0.6) is 0 Å². The lowest BCUT2D eigenvalue weighted by molar-refractivity contribution is -0.126. The first-order chi connectivity index (χ1) is 8.18. The monoisotopic (exact) mass is 296 g/mol. The first kappa shape index (κ1) is 12.6. The molecule has 0 atom stereocenters. The quantitative estimate of drug-likeness (QED) is 0.873. The van der Waals surface area contributed by atoms with Crippen LogP contribution in [0.3, 0.4) is 0 Å². The summed E-state index contributed by atoms with van der Waals surface area (Å²) in [4.78, 5) is 12.0. The van der Waals surface area contributed by atoms with Gasteiger partial charge in [0, 0.05) is 17.6 Å². The molecule has 2 N–H and O–H groups in total. The van der Waals surface area contributed by atoms with Crippen molar-refractivity contribution in [1.29, 1.82) is 0 Å². The molecule has 92 valence electrons. The maximum atomic E-state index is 12.0. The second kappa shape index (κ2) is 5.19. The highest BCUT2D eigenvalue weighted by Gasteiger charge is 2.48. The Hall–Kier alpha value is -0.870. The van der Waals surface area contributed by atoms with Crippen molar-refractivity contribution in [3.05, 3.63) is 34.3 Å². The number of nitrogens with one attached hydrogen (secondary N) is 2. The maximum absolute atomic E-state index is 12.0. The number of benzene rings is 1. The third kappa shape index (κ3) is 2.87. The molecule has 0 radical (unpaired) electrons. The molecule has 0 saturated heterocycles. The molecule has 1 aromatic rings. The number of carbonyl (C=O) groups excluding carboxylic acids is 1. The van der Waals surface area contributed by atoms with E-state index in [1.165, 1.54) is 0 Å². The Morgan fingerprint density at radius 1 is 1.41 bits per heavy atom. The third-order valence-corrected chi connectivity index (χ3v) is 4.02. The van der Waals surface area contributed by atoms with Crippen LogP contribution in [-0.2, 0) is 11.3 Å². The van der Waals surface area contributed by atoms with Crippen molar-refractivity contribution in [3.8, 4) is 0 Å². The predicted molar refractivity (Wildman–Crippen MR) is 71.6 cm³/mol. The minimum atomic E-state index is -0.143. The number of hydrogen-bond acceptors (Lipinski definition) is 2. The van der Waals surface area contributed by atoms with Crippen LogP contribution in [-0.4, -0.2) is 19.5 Å². The molecule has 0 spiro atoms. The maximum Gasteiger partial charge on any atom is 0.227 e. The van der Waals surface area contributed by atoms with Gasteiger partial charge in [-0.05, 0) is 31.5 Å². The van der Waals surface area contributed by atoms with E-state index in [4.69, 9.17) is 0 Å². The van der Waals surface area contributed by atoms with Crippen molar-refractivity contribution in [2.24, 2.45) is 5.41 Å². The largest absolute Gasteiger partial charge is 0.351 e. The van der Waals surface area contributed by atoms with Crippen LogP contribution < -0.4 is 10.6 Å². The fourth-order valence-electron chi connectivity index (χ4n) is 1.98. The molecule has 0 unspecified atom stereocenters. The summed E-state index contributed by atoms with van der Waals surface area (Å²) in [5.74, 6) is 0.169. The molecular formula is C13H17BrN2O. The van der Waals surface area contributed by atoms with Crippen molar-refractivity contribution in [1.82, 2.24) is 10.6 Å². The average molecular weight is 297 g/mol. The van der Waals surface area contributed by atoms with Gasteiger partial charge in [-0.3, -0.25) is 4.79 Å². The van der Waals surface area contributed by atoms with Gasteiger partial charge in [0.15, 0.2) is 0 Å². The summed E-state index contributed by atoms with van der Waals surface area (Å²) >= 11 is 3.48. The van der Waals surface area contributed by atoms with Crippen molar-refractivity contribution in [2.45, 2.75) is 19.4 Å². The molecular weight excluding hydrogens is 280 g/mol. The van der Waals surface area contributed by atoms with Crippen molar-refractivity contribution in [3.63, 3.8) is 0 Å². The summed E-state index contributed by atoms with van der Waals surface area (Å²) < 4.78 is 1.04. The Morgan fingerprint density at radius 3 is 2.71 bits per heavy atom. The second-order valence-corrected chi connectivity index (χ2v) is 5.44. The molecule has 17 heavy (non-hydrogen) atoms. The first-order valence-corrected chi connectivity index (χ1v) is 6.63. The SMILES string of the molecule is CNCC1(C(=O)NCc2ccccc2Br)CC1. The highest BCUT2D eigenvalue weighted by molar-refractivity contribution is 9.10. The van der Waals surface area contributed by atoms with Gasteiger partial charge in [-0.15, -0.1) is 0 Å². The zero-order valence-corrected chi connectivity index (χ0v) is 11.5. The van der Waals surface area contributed by atoms with Crippen LogP contribution >= 0.6 is 15.9 Å². The lowest BCUT2D eigenvalue weighted by Crippen LogP contribution is -2.37. The van der Waals surface area contributed by atoms with Gasteiger partial charge < -0.3 is 10.6 Å². The van der Waals surface area contributed by atoms with E-state index in [9.17, 15) is 4.79 Å². The van der Waals surface area contributed by atoms with Crippen molar-refractivity contribution >= 4 is 21.8 Å². The average Bonchev–Trinajstić information content (AvgIpc) is 3.09. The summed E-state index contributed by atoms with van der Waals surface area (Å²) in [6, 6.07) is 7.95. The number of amides is 1. The standard InChI is InChI=1S/C13H17BrN2O/c1-15-9-13(6-7-13)12(17)16-8-10-4-2-3-5-11(10)14/h2-5,15H,6-9H2,1H3,(H,16,17). The third-order valence-electron chi connectivity index (χ3n) is 3.25. The van der Waals surface area contributed by atoms with Crippen LogP contribution in [0.1, 0.15) is 18.4 Å². The molecule has 1 saturated carbocycles. The van der Waals surface area contributed by atoms with Gasteiger partial charge in [0.1, 0.15) is 0 Å². The topological polar surface area (TPSA) is 41.1 Å². The molecule has 0 aliphatic heterocycles. The molecule has 1 aliphatic rings. The van der Waals surface area contributed by atoms with Gasteiger partial charge in [-0.2, -0.15) is 0 Å². The van der Waals surface area contributed by atoms with Gasteiger partial charge in [0.25, 0.3) is 0 Å². The van der Waals surface area contributed by atoms with Crippen molar-refractivity contribution < 1.29 is 4.79 Å². The van der Waals surface area contributed by atoms with Gasteiger partial charge in [0.2, 0.25) is 5.91 Å². The first-order valence-electron chi connectivity index (χ1n) is 5.84. The van der Waals surface area contributed by atoms with E-state index in [0.717, 1.165) is 29.4 Å². The number of hydrogen-bond donors (Lipinski definition) is 2. The van der Waals surface area contributed by atoms with E-state index in [0.29, 0.717) is 6.54 Å². The molecule has 1 aliphatic carbocycles. The Kier molecular flexibility index (Phi) is 3.84. The second-order valence-electron chi connectivity index (χ2n) is 4.58. The zero-order chi connectivity index (χ0) is 12.3. The van der Waals surface area contributed by atoms with Gasteiger partial charge >= 0.3 is 0 Å². The fraction of sp³-hybridized carbons (Fsp3) is 0.462. The molecule has 1 amide bonds. The molecule has 1 aromatic carbocycles. The summed E-state index contributed by atoms with van der Waals surface area (Å²) in [6.45, 7) is 1.36. The molecule has 2 rings (SSSR count). The highest BCUT2D eigenvalue weighted by atomic mass is 79.9. The Bertz CT molecular complexity index is 416. The molecule has 4 heteroatoms. The van der Waals surface area contributed by atoms with E-state index in [-0.39, 0.29) is 11.3 Å². The van der Waals surface area contributed by atoms with Crippen LogP contribution in [0.2, 0.25) is 0 Å². The van der Waals surface area contributed by atoms with E-state index in [1.807, 2.05) is 31.3 Å². The smallest absolute Gasteiger partial charge is 0.227 e. The molecule has 0 bridgehead atoms. The van der Waals surface area contributed by atoms with Gasteiger partial charge in [0.05, 0.1) is 5.41 Å². The lowest BCUT2D eigenvalue weighted by atomic mass is 10.1. The van der Waals surface area contributed by atoms with Crippen LogP contribution in [0.4, 0.5) is 0 Å². The van der Waals surface area contributed by atoms with E-state index < -0.39 is 0 Å². The Labute approximate surface area is 110 Å². The molecule has 0 aromatic heterocycles. The van der Waals surface area contributed by atoms with E-state index in [2.05, 4.69) is 26.6 Å². The fourth-order valence-corrected chi connectivity index (χ4v) is 2.40. The van der Waals surface area contributed by atoms with Gasteiger partial charge in [-0.1, -0.05) is 34.1 Å². The molecule has 3 nitrogen and oxygen atoms in total. The van der Waals surface area contributed by atoms with Crippen molar-refractivity contribution in [2.75, 3.05) is 13.6 Å². The number of rotatable bonds is 5. The summed E-state index contributed by atoms with van der Waals surface area (Å²) in [6.07, 6.45) is 1.99. The van der Waals surface area contributed by atoms with Gasteiger partial charge in [-0.25, -0.2) is 0 Å². The zero-order valence-electron chi connectivity index (χ0n) is 9.92. The van der Waals surface area contributed by atoms with E-state index >= 15 is 0 Å². The van der Waals surface area contributed by atoms with Crippen LogP contribution in [0.25, 0.3) is 0 Å². The Balaban J connectivity index is 1.91. The summed E-state index contributed by atoms with van der Waals surface area (Å²) in [7, 11) is 1.89. The van der Waals surface area contributed by atoms with Crippen LogP contribution in [0, 0.1) is 5.41 Å². The summed E-state index contributed by atoms with van der Waals surface area (Å²) in [5.41, 5.74) is 0.969. The minimum absolute atomic E-state index is 0.143. The molecule has 1 fully saturated rings. The lowest BCUT2D eigenvalue weighted by Gasteiger charge is -2.15. The minimum Gasteiger partial charge on any atom is -0.351 e.